The molecule has 3 rings (SSSR count). The molecule has 0 saturated carbocycles. The molecule has 1 aliphatic heterocycles. The summed E-state index contributed by atoms with van der Waals surface area (Å²) in [7, 11) is 0. The predicted octanol–water partition coefficient (Wildman–Crippen LogP) is 2.62. The van der Waals surface area contributed by atoms with E-state index in [-0.39, 0.29) is 11.4 Å². The zero-order valence-electron chi connectivity index (χ0n) is 13.2. The maximum absolute atomic E-state index is 12.6. The van der Waals surface area contributed by atoms with Gasteiger partial charge >= 0.3 is 0 Å². The fourth-order valence-electron chi connectivity index (χ4n) is 2.72. The summed E-state index contributed by atoms with van der Waals surface area (Å²) in [6.45, 7) is 6.29. The molecule has 2 heterocycles. The Morgan fingerprint density at radius 3 is 2.74 bits per heavy atom. The molecule has 0 spiro atoms. The van der Waals surface area contributed by atoms with E-state index in [1.54, 1.807) is 12.1 Å². The Morgan fingerprint density at radius 2 is 2.09 bits per heavy atom. The maximum Gasteiger partial charge on any atom is 0.274 e. The molecule has 1 amide bonds. The number of rotatable bonds is 2. The topological polar surface area (TPSA) is 58.1 Å². The van der Waals surface area contributed by atoms with Gasteiger partial charge in [0.25, 0.3) is 5.91 Å². The molecule has 6 heteroatoms. The predicted molar refractivity (Wildman–Crippen MR) is 90.5 cm³/mol. The van der Waals surface area contributed by atoms with Crippen molar-refractivity contribution in [1.82, 2.24) is 20.4 Å². The highest BCUT2D eigenvalue weighted by molar-refractivity contribution is 6.30. The van der Waals surface area contributed by atoms with Crippen LogP contribution in [-0.4, -0.2) is 46.2 Å². The molecule has 0 radical (unpaired) electrons. The Kier molecular flexibility index (Phi) is 4.33. The van der Waals surface area contributed by atoms with Crippen LogP contribution in [0.4, 0.5) is 0 Å². The number of aromatic nitrogens is 2. The Hall–Kier alpha value is -1.98. The lowest BCUT2D eigenvalue weighted by Gasteiger charge is -2.38. The first-order valence-electron chi connectivity index (χ1n) is 7.59. The first-order valence-corrected chi connectivity index (χ1v) is 7.96. The molecule has 1 saturated heterocycles. The zero-order valence-corrected chi connectivity index (χ0v) is 14.0. The van der Waals surface area contributed by atoms with Crippen LogP contribution in [0.1, 0.15) is 24.3 Å². The highest BCUT2D eigenvalue weighted by atomic mass is 35.5. The van der Waals surface area contributed by atoms with Gasteiger partial charge < -0.3 is 10.2 Å². The number of nitrogens with one attached hydrogen (secondary N) is 1. The molecule has 1 aromatic heterocycles. The smallest absolute Gasteiger partial charge is 0.274 e. The highest BCUT2D eigenvalue weighted by Gasteiger charge is 2.29. The van der Waals surface area contributed by atoms with Crippen molar-refractivity contribution in [2.75, 3.05) is 19.6 Å². The van der Waals surface area contributed by atoms with Crippen molar-refractivity contribution in [3.8, 4) is 11.3 Å². The fourth-order valence-corrected chi connectivity index (χ4v) is 2.92. The van der Waals surface area contributed by atoms with E-state index in [9.17, 15) is 4.79 Å². The van der Waals surface area contributed by atoms with Gasteiger partial charge in [-0.2, -0.15) is 0 Å². The number of benzene rings is 1. The normalized spacial score (nSPS) is 17.1. The van der Waals surface area contributed by atoms with Gasteiger partial charge in [0.2, 0.25) is 0 Å². The third-order valence-corrected chi connectivity index (χ3v) is 4.10. The molecule has 0 aliphatic carbocycles. The van der Waals surface area contributed by atoms with E-state index < -0.39 is 0 Å². The molecule has 0 unspecified atom stereocenters. The zero-order chi connectivity index (χ0) is 16.4. The molecule has 120 valence electrons. The van der Waals surface area contributed by atoms with Crippen molar-refractivity contribution < 1.29 is 4.79 Å². The molecule has 1 fully saturated rings. The summed E-state index contributed by atoms with van der Waals surface area (Å²) < 4.78 is 0. The van der Waals surface area contributed by atoms with Gasteiger partial charge in [-0.05, 0) is 38.1 Å². The quantitative estimate of drug-likeness (QED) is 0.919. The molecule has 1 N–H and O–H groups in total. The van der Waals surface area contributed by atoms with Gasteiger partial charge in [0, 0.05) is 35.8 Å². The number of nitrogens with zero attached hydrogens (tertiary/aromatic N) is 3. The number of piperazine rings is 1. The van der Waals surface area contributed by atoms with Crippen molar-refractivity contribution in [2.45, 2.75) is 19.4 Å². The maximum atomic E-state index is 12.6. The monoisotopic (exact) mass is 330 g/mol. The van der Waals surface area contributed by atoms with Gasteiger partial charge in [0.1, 0.15) is 0 Å². The van der Waals surface area contributed by atoms with Gasteiger partial charge in [-0.1, -0.05) is 23.7 Å². The first-order chi connectivity index (χ1) is 10.9. The van der Waals surface area contributed by atoms with E-state index in [0.717, 1.165) is 12.1 Å². The largest absolute Gasteiger partial charge is 0.334 e. The van der Waals surface area contributed by atoms with Gasteiger partial charge in [-0.25, -0.2) is 0 Å². The first kappa shape index (κ1) is 15.9. The lowest BCUT2D eigenvalue weighted by Crippen LogP contribution is -2.58. The van der Waals surface area contributed by atoms with Crippen LogP contribution in [0.2, 0.25) is 5.02 Å². The summed E-state index contributed by atoms with van der Waals surface area (Å²) in [6, 6.07) is 10.9. The Balaban J connectivity index is 1.78. The number of halogens is 1. The summed E-state index contributed by atoms with van der Waals surface area (Å²) in [4.78, 5) is 14.4. The number of carbonyl (C=O) groups is 1. The molecular formula is C17H19ClN4O. The second-order valence-electron chi connectivity index (χ2n) is 6.35. The number of amides is 1. The van der Waals surface area contributed by atoms with Crippen LogP contribution in [0.15, 0.2) is 36.4 Å². The lowest BCUT2D eigenvalue weighted by atomic mass is 10.0. The van der Waals surface area contributed by atoms with Crippen LogP contribution in [-0.2, 0) is 0 Å². The summed E-state index contributed by atoms with van der Waals surface area (Å²) in [5.74, 6) is -0.0790. The molecule has 2 aromatic rings. The van der Waals surface area contributed by atoms with Crippen molar-refractivity contribution in [1.29, 1.82) is 0 Å². The Labute approximate surface area is 140 Å². The average molecular weight is 331 g/mol. The van der Waals surface area contributed by atoms with Crippen molar-refractivity contribution >= 4 is 17.5 Å². The van der Waals surface area contributed by atoms with E-state index in [0.29, 0.717) is 29.5 Å². The molecule has 1 aromatic carbocycles. The van der Waals surface area contributed by atoms with Crippen LogP contribution in [0.25, 0.3) is 11.3 Å². The van der Waals surface area contributed by atoms with E-state index in [1.807, 2.05) is 29.2 Å². The molecule has 23 heavy (non-hydrogen) atoms. The minimum absolute atomic E-state index is 0.0790. The molecular weight excluding hydrogens is 312 g/mol. The highest BCUT2D eigenvalue weighted by Crippen LogP contribution is 2.20. The van der Waals surface area contributed by atoms with Gasteiger partial charge in [0.15, 0.2) is 5.69 Å². The van der Waals surface area contributed by atoms with Crippen LogP contribution >= 0.6 is 11.6 Å². The van der Waals surface area contributed by atoms with Crippen molar-refractivity contribution in [3.63, 3.8) is 0 Å². The van der Waals surface area contributed by atoms with Gasteiger partial charge in [0.05, 0.1) is 5.69 Å². The summed E-state index contributed by atoms with van der Waals surface area (Å²) >= 11 is 5.99. The van der Waals surface area contributed by atoms with Crippen LogP contribution in [0, 0.1) is 0 Å². The number of hydrogen-bond donors (Lipinski definition) is 1. The SMILES string of the molecule is CC1(C)CN(C(=O)c2ccc(-c3cccc(Cl)c3)nn2)CCN1. The standard InChI is InChI=1S/C17H19ClN4O/c1-17(2)11-22(9-8-19-17)16(23)15-7-6-14(20-21-15)12-4-3-5-13(18)10-12/h3-7,10,19H,8-9,11H2,1-2H3. The fraction of sp³-hybridized carbons (Fsp3) is 0.353. The van der Waals surface area contributed by atoms with Crippen molar-refractivity contribution in [2.24, 2.45) is 0 Å². The van der Waals surface area contributed by atoms with E-state index in [4.69, 9.17) is 11.6 Å². The number of carbonyl (C=O) groups excluding carboxylic acids is 1. The molecule has 0 atom stereocenters. The Morgan fingerprint density at radius 1 is 1.26 bits per heavy atom. The molecule has 1 aliphatic rings. The van der Waals surface area contributed by atoms with E-state index >= 15 is 0 Å². The lowest BCUT2D eigenvalue weighted by molar-refractivity contribution is 0.0645. The average Bonchev–Trinajstić information content (AvgIpc) is 2.53. The Bertz CT molecular complexity index is 715. The van der Waals surface area contributed by atoms with Gasteiger partial charge in [-0.15, -0.1) is 10.2 Å². The van der Waals surface area contributed by atoms with Crippen LogP contribution in [0.3, 0.4) is 0 Å². The summed E-state index contributed by atoms with van der Waals surface area (Å²) in [5.41, 5.74) is 1.87. The second kappa shape index (κ2) is 6.26. The second-order valence-corrected chi connectivity index (χ2v) is 6.79. The molecule has 5 nitrogen and oxygen atoms in total. The van der Waals surface area contributed by atoms with E-state index in [1.165, 1.54) is 0 Å². The van der Waals surface area contributed by atoms with Crippen LogP contribution in [0.5, 0.6) is 0 Å². The third kappa shape index (κ3) is 3.68. The van der Waals surface area contributed by atoms with Gasteiger partial charge in [-0.3, -0.25) is 4.79 Å². The third-order valence-electron chi connectivity index (χ3n) is 3.86. The van der Waals surface area contributed by atoms with E-state index in [2.05, 4.69) is 29.4 Å². The summed E-state index contributed by atoms with van der Waals surface area (Å²) in [6.07, 6.45) is 0. The number of hydrogen-bond acceptors (Lipinski definition) is 4. The summed E-state index contributed by atoms with van der Waals surface area (Å²) in [5, 5.41) is 12.3. The minimum atomic E-state index is -0.0813. The minimum Gasteiger partial charge on any atom is -0.334 e. The molecule has 0 bridgehead atoms. The van der Waals surface area contributed by atoms with Crippen molar-refractivity contribution in [3.05, 3.63) is 47.1 Å². The van der Waals surface area contributed by atoms with Crippen LogP contribution < -0.4 is 5.32 Å².